The van der Waals surface area contributed by atoms with E-state index in [4.69, 9.17) is 11.6 Å². The van der Waals surface area contributed by atoms with Crippen LogP contribution < -0.4 is 10.6 Å². The van der Waals surface area contributed by atoms with Gasteiger partial charge in [-0.15, -0.1) is 0 Å². The summed E-state index contributed by atoms with van der Waals surface area (Å²) < 4.78 is 0. The minimum Gasteiger partial charge on any atom is -0.349 e. The molecular formula is C19H20ClN3O3. The van der Waals surface area contributed by atoms with Gasteiger partial charge in [0.25, 0.3) is 11.6 Å². The van der Waals surface area contributed by atoms with Gasteiger partial charge >= 0.3 is 0 Å². The van der Waals surface area contributed by atoms with Crippen LogP contribution in [0.5, 0.6) is 0 Å². The Morgan fingerprint density at radius 3 is 2.54 bits per heavy atom. The molecule has 136 valence electrons. The fourth-order valence-corrected chi connectivity index (χ4v) is 3.37. The molecule has 2 N–H and O–H groups in total. The number of carbonyl (C=O) groups excluding carboxylic acids is 1. The van der Waals surface area contributed by atoms with Gasteiger partial charge in [0.15, 0.2) is 0 Å². The zero-order valence-electron chi connectivity index (χ0n) is 14.2. The van der Waals surface area contributed by atoms with Crippen LogP contribution in [0.1, 0.15) is 42.5 Å². The number of hydrogen-bond acceptors (Lipinski definition) is 4. The molecule has 1 saturated carbocycles. The van der Waals surface area contributed by atoms with Crippen LogP contribution in [0, 0.1) is 10.1 Å². The number of rotatable bonds is 5. The molecule has 2 aromatic rings. The molecule has 26 heavy (non-hydrogen) atoms. The topological polar surface area (TPSA) is 84.3 Å². The number of benzene rings is 2. The Hall–Kier alpha value is -2.60. The summed E-state index contributed by atoms with van der Waals surface area (Å²) in [7, 11) is 0. The van der Waals surface area contributed by atoms with Gasteiger partial charge in [0, 0.05) is 17.1 Å². The van der Waals surface area contributed by atoms with Crippen LogP contribution in [0.15, 0.2) is 42.5 Å². The predicted octanol–water partition coefficient (Wildman–Crippen LogP) is 5.05. The molecule has 0 bridgehead atoms. The Balaban J connectivity index is 1.83. The number of nitro benzene ring substituents is 1. The normalized spacial score (nSPS) is 14.7. The summed E-state index contributed by atoms with van der Waals surface area (Å²) >= 11 is 5.86. The summed E-state index contributed by atoms with van der Waals surface area (Å²) in [4.78, 5) is 23.5. The first-order valence-corrected chi connectivity index (χ1v) is 9.03. The van der Waals surface area contributed by atoms with Crippen LogP contribution in [-0.4, -0.2) is 16.9 Å². The molecular weight excluding hydrogens is 354 g/mol. The molecule has 1 aliphatic rings. The number of amides is 1. The van der Waals surface area contributed by atoms with Gasteiger partial charge in [0.05, 0.1) is 16.2 Å². The minimum absolute atomic E-state index is 0.139. The van der Waals surface area contributed by atoms with Gasteiger partial charge in [-0.25, -0.2) is 0 Å². The van der Waals surface area contributed by atoms with Gasteiger partial charge in [-0.3, -0.25) is 14.9 Å². The predicted molar refractivity (Wildman–Crippen MR) is 102 cm³/mol. The first-order chi connectivity index (χ1) is 12.5. The number of nitrogens with one attached hydrogen (secondary N) is 2. The second kappa shape index (κ2) is 8.19. The van der Waals surface area contributed by atoms with Crippen molar-refractivity contribution in [1.29, 1.82) is 0 Å². The monoisotopic (exact) mass is 373 g/mol. The molecule has 0 heterocycles. The highest BCUT2D eigenvalue weighted by Crippen LogP contribution is 2.31. The van der Waals surface area contributed by atoms with Gasteiger partial charge < -0.3 is 10.6 Å². The van der Waals surface area contributed by atoms with Crippen molar-refractivity contribution in [2.75, 3.05) is 5.32 Å². The van der Waals surface area contributed by atoms with Crippen molar-refractivity contribution in [2.24, 2.45) is 0 Å². The summed E-state index contributed by atoms with van der Waals surface area (Å²) in [5.74, 6) is -0.170. The third-order valence-corrected chi connectivity index (χ3v) is 4.77. The maximum Gasteiger partial charge on any atom is 0.294 e. The fourth-order valence-electron chi connectivity index (χ4n) is 3.21. The van der Waals surface area contributed by atoms with Crippen molar-refractivity contribution in [3.63, 3.8) is 0 Å². The molecule has 0 spiro atoms. The highest BCUT2D eigenvalue weighted by molar-refractivity contribution is 6.31. The van der Waals surface area contributed by atoms with E-state index in [9.17, 15) is 14.9 Å². The summed E-state index contributed by atoms with van der Waals surface area (Å²) in [6, 6.07) is 11.6. The highest BCUT2D eigenvalue weighted by Gasteiger charge is 2.20. The maximum absolute atomic E-state index is 12.7. The molecule has 7 heteroatoms. The summed E-state index contributed by atoms with van der Waals surface area (Å²) in [5, 5.41) is 17.6. The standard InChI is InChI=1S/C19H20ClN3O3/c20-13-10-11-17(18(12-13)23(25)26)22-16-9-5-4-8-15(16)19(24)21-14-6-2-1-3-7-14/h4-5,8-12,14,22H,1-3,6-7H2,(H,21,24). The Morgan fingerprint density at radius 1 is 1.08 bits per heavy atom. The zero-order chi connectivity index (χ0) is 18.5. The number of hydrogen-bond donors (Lipinski definition) is 2. The summed E-state index contributed by atoms with van der Waals surface area (Å²) in [5.41, 5.74) is 1.13. The molecule has 0 aliphatic heterocycles. The molecule has 0 aromatic heterocycles. The average molecular weight is 374 g/mol. The van der Waals surface area contributed by atoms with Gasteiger partial charge in [0.1, 0.15) is 5.69 Å². The van der Waals surface area contributed by atoms with Crippen molar-refractivity contribution in [3.8, 4) is 0 Å². The second-order valence-corrected chi connectivity index (χ2v) is 6.83. The third-order valence-electron chi connectivity index (χ3n) is 4.54. The quantitative estimate of drug-likeness (QED) is 0.567. The van der Waals surface area contributed by atoms with Gasteiger partial charge in [0.2, 0.25) is 0 Å². The summed E-state index contributed by atoms with van der Waals surface area (Å²) in [6.07, 6.45) is 5.45. The largest absolute Gasteiger partial charge is 0.349 e. The van der Waals surface area contributed by atoms with Crippen molar-refractivity contribution in [3.05, 3.63) is 63.2 Å². The van der Waals surface area contributed by atoms with E-state index >= 15 is 0 Å². The van der Waals surface area contributed by atoms with Crippen molar-refractivity contribution >= 4 is 34.6 Å². The molecule has 0 atom stereocenters. The Bertz CT molecular complexity index is 819. The molecule has 0 unspecified atom stereocenters. The molecule has 3 rings (SSSR count). The molecule has 1 amide bonds. The highest BCUT2D eigenvalue weighted by atomic mass is 35.5. The molecule has 6 nitrogen and oxygen atoms in total. The van der Waals surface area contributed by atoms with Crippen LogP contribution in [0.25, 0.3) is 0 Å². The van der Waals surface area contributed by atoms with E-state index in [2.05, 4.69) is 10.6 Å². The number of anilines is 2. The smallest absolute Gasteiger partial charge is 0.294 e. The van der Waals surface area contributed by atoms with E-state index < -0.39 is 4.92 Å². The van der Waals surface area contributed by atoms with Crippen LogP contribution in [0.4, 0.5) is 17.1 Å². The van der Waals surface area contributed by atoms with E-state index in [1.807, 2.05) is 0 Å². The molecule has 2 aromatic carbocycles. The maximum atomic E-state index is 12.7. The van der Waals surface area contributed by atoms with E-state index in [0.717, 1.165) is 25.7 Å². The van der Waals surface area contributed by atoms with Crippen molar-refractivity contribution in [1.82, 2.24) is 5.32 Å². The van der Waals surface area contributed by atoms with E-state index in [-0.39, 0.29) is 28.3 Å². The fraction of sp³-hybridized carbons (Fsp3) is 0.316. The third kappa shape index (κ3) is 4.32. The number of carbonyl (C=O) groups is 1. The number of nitrogens with zero attached hydrogens (tertiary/aromatic N) is 1. The lowest BCUT2D eigenvalue weighted by molar-refractivity contribution is -0.383. The van der Waals surface area contributed by atoms with E-state index in [1.54, 1.807) is 30.3 Å². The van der Waals surface area contributed by atoms with E-state index in [1.165, 1.54) is 18.6 Å². The Morgan fingerprint density at radius 2 is 1.81 bits per heavy atom. The van der Waals surface area contributed by atoms with Crippen LogP contribution in [0.3, 0.4) is 0 Å². The molecule has 1 fully saturated rings. The van der Waals surface area contributed by atoms with Crippen molar-refractivity contribution in [2.45, 2.75) is 38.1 Å². The van der Waals surface area contributed by atoms with Crippen LogP contribution in [-0.2, 0) is 0 Å². The van der Waals surface area contributed by atoms with Crippen LogP contribution >= 0.6 is 11.6 Å². The molecule has 0 radical (unpaired) electrons. The van der Waals surface area contributed by atoms with E-state index in [0.29, 0.717) is 11.3 Å². The van der Waals surface area contributed by atoms with Gasteiger partial charge in [-0.2, -0.15) is 0 Å². The molecule has 0 saturated heterocycles. The summed E-state index contributed by atoms with van der Waals surface area (Å²) in [6.45, 7) is 0. The molecule has 1 aliphatic carbocycles. The van der Waals surface area contributed by atoms with Gasteiger partial charge in [-0.1, -0.05) is 43.0 Å². The lowest BCUT2D eigenvalue weighted by Crippen LogP contribution is -2.36. The number of halogens is 1. The lowest BCUT2D eigenvalue weighted by atomic mass is 9.95. The first kappa shape index (κ1) is 18.2. The average Bonchev–Trinajstić information content (AvgIpc) is 2.64. The number of para-hydroxylation sites is 1. The minimum atomic E-state index is -0.501. The zero-order valence-corrected chi connectivity index (χ0v) is 15.0. The second-order valence-electron chi connectivity index (χ2n) is 6.40. The first-order valence-electron chi connectivity index (χ1n) is 8.65. The lowest BCUT2D eigenvalue weighted by Gasteiger charge is -2.23. The van der Waals surface area contributed by atoms with Gasteiger partial charge in [-0.05, 0) is 37.1 Å². The van der Waals surface area contributed by atoms with Crippen molar-refractivity contribution < 1.29 is 9.72 Å². The Labute approximate surface area is 156 Å². The number of nitro groups is 1. The van der Waals surface area contributed by atoms with Crippen LogP contribution in [0.2, 0.25) is 5.02 Å². The SMILES string of the molecule is O=C(NC1CCCCC1)c1ccccc1Nc1ccc(Cl)cc1[N+](=O)[O-]. The Kier molecular flexibility index (Phi) is 5.73.